The molecule has 1 aliphatic rings. The maximum atomic E-state index is 11.6. The summed E-state index contributed by atoms with van der Waals surface area (Å²) < 4.78 is 31.5. The summed E-state index contributed by atoms with van der Waals surface area (Å²) in [7, 11) is -4.36. The minimum Gasteiger partial charge on any atom is -0.410 e. The van der Waals surface area contributed by atoms with E-state index in [2.05, 4.69) is 5.16 Å². The van der Waals surface area contributed by atoms with Crippen LogP contribution in [0.25, 0.3) is 0 Å². The van der Waals surface area contributed by atoms with Crippen LogP contribution in [0, 0.1) is 0 Å². The summed E-state index contributed by atoms with van der Waals surface area (Å²) in [4.78, 5) is 11.6. The van der Waals surface area contributed by atoms with Crippen LogP contribution in [0.5, 0.6) is 0 Å². The molecular formula is C10H9NNaO5S+. The van der Waals surface area contributed by atoms with Crippen LogP contribution in [-0.2, 0) is 14.9 Å². The van der Waals surface area contributed by atoms with E-state index in [1.807, 2.05) is 0 Å². The molecule has 2 N–H and O–H groups in total. The van der Waals surface area contributed by atoms with Gasteiger partial charge in [-0.25, -0.2) is 0 Å². The normalized spacial score (nSPS) is 21.3. The number of rotatable bonds is 1. The number of hydrogen-bond acceptors (Lipinski definition) is 5. The molecule has 0 saturated heterocycles. The van der Waals surface area contributed by atoms with Gasteiger partial charge in [-0.3, -0.25) is 9.35 Å². The molecule has 0 bridgehead atoms. The molecule has 0 radical (unpaired) electrons. The molecule has 0 saturated carbocycles. The zero-order chi connectivity index (χ0) is 12.6. The van der Waals surface area contributed by atoms with Gasteiger partial charge in [0.25, 0.3) is 10.1 Å². The Bertz CT molecular complexity index is 610. The van der Waals surface area contributed by atoms with E-state index in [4.69, 9.17) is 9.76 Å². The van der Waals surface area contributed by atoms with Gasteiger partial charge in [0.15, 0.2) is 11.5 Å². The molecule has 0 heterocycles. The van der Waals surface area contributed by atoms with Gasteiger partial charge in [0.1, 0.15) is 5.25 Å². The molecule has 1 aromatic rings. The van der Waals surface area contributed by atoms with Crippen molar-refractivity contribution in [2.24, 2.45) is 5.16 Å². The van der Waals surface area contributed by atoms with E-state index >= 15 is 0 Å². The molecule has 90 valence electrons. The van der Waals surface area contributed by atoms with Crippen molar-refractivity contribution >= 4 is 21.6 Å². The molecule has 1 aromatic carbocycles. The van der Waals surface area contributed by atoms with E-state index in [9.17, 15) is 13.2 Å². The monoisotopic (exact) mass is 278 g/mol. The molecule has 0 fully saturated rings. The van der Waals surface area contributed by atoms with Crippen molar-refractivity contribution < 1.29 is 52.5 Å². The molecule has 0 aliphatic heterocycles. The van der Waals surface area contributed by atoms with Gasteiger partial charge < -0.3 is 5.21 Å². The SMILES string of the molecule is O=C1CC(S(=O)(=O)O)c2ccccc2/C1=N/O.[Na+]. The fraction of sp³-hybridized carbons (Fsp3) is 0.200. The molecule has 2 rings (SSSR count). The smallest absolute Gasteiger partial charge is 0.410 e. The Morgan fingerprint density at radius 2 is 1.89 bits per heavy atom. The van der Waals surface area contributed by atoms with Crippen molar-refractivity contribution in [3.8, 4) is 0 Å². The second-order valence-corrected chi connectivity index (χ2v) is 5.27. The Morgan fingerprint density at radius 1 is 1.28 bits per heavy atom. The molecule has 0 amide bonds. The maximum absolute atomic E-state index is 11.6. The zero-order valence-corrected chi connectivity index (χ0v) is 12.4. The van der Waals surface area contributed by atoms with Gasteiger partial charge in [0.05, 0.1) is 0 Å². The van der Waals surface area contributed by atoms with Crippen LogP contribution in [-0.4, -0.2) is 29.7 Å². The molecule has 1 atom stereocenters. The fourth-order valence-corrected chi connectivity index (χ4v) is 2.78. The average Bonchev–Trinajstić information content (AvgIpc) is 2.27. The molecule has 6 nitrogen and oxygen atoms in total. The quantitative estimate of drug-likeness (QED) is 0.262. The van der Waals surface area contributed by atoms with Gasteiger partial charge in [-0.05, 0) is 5.56 Å². The Hall–Kier alpha value is -0.730. The largest absolute Gasteiger partial charge is 1.00 e. The van der Waals surface area contributed by atoms with Crippen molar-refractivity contribution in [2.45, 2.75) is 11.7 Å². The van der Waals surface area contributed by atoms with E-state index in [-0.39, 0.29) is 46.4 Å². The predicted octanol–water partition coefficient (Wildman–Crippen LogP) is -2.23. The van der Waals surface area contributed by atoms with Crippen molar-refractivity contribution in [2.75, 3.05) is 0 Å². The number of carbonyl (C=O) groups excluding carboxylic acids is 1. The van der Waals surface area contributed by atoms with E-state index < -0.39 is 27.6 Å². The summed E-state index contributed by atoms with van der Waals surface area (Å²) in [6.45, 7) is 0. The third-order valence-electron chi connectivity index (χ3n) is 2.66. The first kappa shape index (κ1) is 15.3. The van der Waals surface area contributed by atoms with Gasteiger partial charge in [-0.1, -0.05) is 29.4 Å². The van der Waals surface area contributed by atoms with Crippen LogP contribution in [0.15, 0.2) is 29.4 Å². The first-order chi connectivity index (χ1) is 7.95. The Labute approximate surface area is 126 Å². The molecule has 1 unspecified atom stereocenters. The number of ketones is 1. The van der Waals surface area contributed by atoms with E-state index in [1.165, 1.54) is 12.1 Å². The van der Waals surface area contributed by atoms with E-state index in [0.29, 0.717) is 0 Å². The van der Waals surface area contributed by atoms with Gasteiger partial charge >= 0.3 is 29.6 Å². The number of benzene rings is 1. The van der Waals surface area contributed by atoms with Gasteiger partial charge in [0.2, 0.25) is 0 Å². The minimum atomic E-state index is -4.36. The van der Waals surface area contributed by atoms with Crippen molar-refractivity contribution in [3.63, 3.8) is 0 Å². The zero-order valence-electron chi connectivity index (χ0n) is 9.57. The second kappa shape index (κ2) is 5.50. The van der Waals surface area contributed by atoms with Crippen LogP contribution in [0.1, 0.15) is 22.8 Å². The third kappa shape index (κ3) is 2.65. The summed E-state index contributed by atoms with van der Waals surface area (Å²) in [6, 6.07) is 6.12. The molecule has 0 spiro atoms. The summed E-state index contributed by atoms with van der Waals surface area (Å²) >= 11 is 0. The van der Waals surface area contributed by atoms with Crippen molar-refractivity contribution in [1.82, 2.24) is 0 Å². The Balaban J connectivity index is 0.00000162. The second-order valence-electron chi connectivity index (χ2n) is 3.67. The fourth-order valence-electron chi connectivity index (χ4n) is 1.89. The average molecular weight is 278 g/mol. The topological polar surface area (TPSA) is 104 Å². The first-order valence-electron chi connectivity index (χ1n) is 4.76. The Kier molecular flexibility index (Phi) is 4.68. The number of nitrogens with zero attached hydrogens (tertiary/aromatic N) is 1. The summed E-state index contributed by atoms with van der Waals surface area (Å²) in [5.74, 6) is -0.617. The number of hydrogen-bond donors (Lipinski definition) is 2. The minimum absolute atomic E-state index is 0. The molecule has 0 aromatic heterocycles. The molecule has 18 heavy (non-hydrogen) atoms. The molecular weight excluding hydrogens is 269 g/mol. The van der Waals surface area contributed by atoms with Gasteiger partial charge in [-0.15, -0.1) is 0 Å². The predicted molar refractivity (Wildman–Crippen MR) is 58.7 cm³/mol. The summed E-state index contributed by atoms with van der Waals surface area (Å²) in [6.07, 6.45) is -0.421. The van der Waals surface area contributed by atoms with Crippen LogP contribution >= 0.6 is 0 Å². The Morgan fingerprint density at radius 3 is 2.44 bits per heavy atom. The maximum Gasteiger partial charge on any atom is 1.00 e. The van der Waals surface area contributed by atoms with E-state index in [0.717, 1.165) is 0 Å². The number of fused-ring (bicyclic) bond motifs is 1. The van der Waals surface area contributed by atoms with Crippen LogP contribution in [0.2, 0.25) is 0 Å². The van der Waals surface area contributed by atoms with Gasteiger partial charge in [0, 0.05) is 12.0 Å². The molecule has 1 aliphatic carbocycles. The summed E-state index contributed by atoms with van der Waals surface area (Å²) in [5, 5.41) is 10.3. The van der Waals surface area contributed by atoms with Crippen molar-refractivity contribution in [3.05, 3.63) is 35.4 Å². The van der Waals surface area contributed by atoms with Gasteiger partial charge in [-0.2, -0.15) is 8.42 Å². The van der Waals surface area contributed by atoms with E-state index in [1.54, 1.807) is 12.1 Å². The number of carbonyl (C=O) groups is 1. The van der Waals surface area contributed by atoms with Crippen LogP contribution in [0.4, 0.5) is 0 Å². The standard InChI is InChI=1S/C10H9NO5S.Na/c12-8-5-9(17(14,15)16)6-3-1-2-4-7(6)10(8)11-13;/h1-4,9,13H,5H2,(H,14,15,16);/q;+1/b11-10-;. The first-order valence-corrected chi connectivity index (χ1v) is 6.26. The molecule has 8 heteroatoms. The number of oxime groups is 1. The van der Waals surface area contributed by atoms with Crippen LogP contribution < -0.4 is 29.6 Å². The third-order valence-corrected chi connectivity index (χ3v) is 3.80. The van der Waals surface area contributed by atoms with Crippen molar-refractivity contribution in [1.29, 1.82) is 0 Å². The number of Topliss-reactive ketones (excluding diaryl/α,β-unsaturated/α-hetero) is 1. The summed E-state index contributed by atoms with van der Waals surface area (Å²) in [5.41, 5.74) is 0.316. The van der Waals surface area contributed by atoms with Crippen LogP contribution in [0.3, 0.4) is 0 Å².